The summed E-state index contributed by atoms with van der Waals surface area (Å²) < 4.78 is 42.7. The van der Waals surface area contributed by atoms with Gasteiger partial charge in [0, 0.05) is 25.7 Å². The van der Waals surface area contributed by atoms with Crippen LogP contribution in [-0.2, 0) is 4.74 Å². The van der Waals surface area contributed by atoms with Crippen LogP contribution >= 0.6 is 0 Å². The van der Waals surface area contributed by atoms with Gasteiger partial charge in [-0.3, -0.25) is 4.90 Å². The number of hydrogen-bond acceptors (Lipinski definition) is 3. The van der Waals surface area contributed by atoms with Crippen LogP contribution in [0, 0.1) is 0 Å². The Hall–Kier alpha value is -0.330. The van der Waals surface area contributed by atoms with Gasteiger partial charge in [0.25, 0.3) is 0 Å². The number of rotatable bonds is 8. The molecule has 1 fully saturated rings. The largest absolute Gasteiger partial charge is 0.401 e. The molecule has 2 unspecified atom stereocenters. The van der Waals surface area contributed by atoms with Crippen LogP contribution in [0.25, 0.3) is 0 Å². The molecule has 6 heteroatoms. The van der Waals surface area contributed by atoms with Gasteiger partial charge in [0.15, 0.2) is 0 Å². The van der Waals surface area contributed by atoms with Crippen LogP contribution < -0.4 is 5.32 Å². The minimum atomic E-state index is -4.12. The van der Waals surface area contributed by atoms with Crippen molar-refractivity contribution in [1.82, 2.24) is 10.2 Å². The lowest BCUT2D eigenvalue weighted by Gasteiger charge is -2.25. The highest BCUT2D eigenvalue weighted by molar-refractivity contribution is 4.77. The Balaban J connectivity index is 2.23. The van der Waals surface area contributed by atoms with E-state index in [-0.39, 0.29) is 12.1 Å². The number of hydrogen-bond donors (Lipinski definition) is 1. The van der Waals surface area contributed by atoms with Gasteiger partial charge in [0.2, 0.25) is 0 Å². The van der Waals surface area contributed by atoms with Crippen molar-refractivity contribution in [3.05, 3.63) is 0 Å². The second-order valence-corrected chi connectivity index (χ2v) is 5.19. The highest BCUT2D eigenvalue weighted by Gasteiger charge is 2.30. The number of halogens is 3. The smallest absolute Gasteiger partial charge is 0.377 e. The van der Waals surface area contributed by atoms with Gasteiger partial charge in [0.1, 0.15) is 0 Å². The van der Waals surface area contributed by atoms with E-state index in [0.717, 1.165) is 25.9 Å². The number of ether oxygens (including phenoxy) is 1. The van der Waals surface area contributed by atoms with E-state index >= 15 is 0 Å². The zero-order chi connectivity index (χ0) is 14.3. The Labute approximate surface area is 113 Å². The molecule has 0 aromatic carbocycles. The van der Waals surface area contributed by atoms with Crippen molar-refractivity contribution in [1.29, 1.82) is 0 Å². The zero-order valence-electron chi connectivity index (χ0n) is 11.8. The highest BCUT2D eigenvalue weighted by atomic mass is 19.4. The van der Waals surface area contributed by atoms with Crippen molar-refractivity contribution in [2.45, 2.75) is 51.4 Å². The molecule has 2 atom stereocenters. The summed E-state index contributed by atoms with van der Waals surface area (Å²) in [5, 5.41) is 3.27. The molecule has 0 aromatic heterocycles. The van der Waals surface area contributed by atoms with Crippen molar-refractivity contribution in [3.63, 3.8) is 0 Å². The van der Waals surface area contributed by atoms with Gasteiger partial charge in [0.05, 0.1) is 12.6 Å². The van der Waals surface area contributed by atoms with E-state index in [1.165, 1.54) is 4.90 Å². The first kappa shape index (κ1) is 16.7. The second-order valence-electron chi connectivity index (χ2n) is 5.19. The van der Waals surface area contributed by atoms with Gasteiger partial charge in [-0.1, -0.05) is 6.92 Å². The summed E-state index contributed by atoms with van der Waals surface area (Å²) >= 11 is 0. The van der Waals surface area contributed by atoms with Crippen molar-refractivity contribution in [2.75, 3.05) is 32.8 Å². The average molecular weight is 282 g/mol. The summed E-state index contributed by atoms with van der Waals surface area (Å²) in [4.78, 5) is 1.45. The lowest BCUT2D eigenvalue weighted by Crippen LogP contribution is -2.43. The van der Waals surface area contributed by atoms with Gasteiger partial charge in [-0.2, -0.15) is 13.2 Å². The second kappa shape index (κ2) is 8.07. The molecule has 114 valence electrons. The minimum absolute atomic E-state index is 0.205. The first-order valence-corrected chi connectivity index (χ1v) is 7.06. The van der Waals surface area contributed by atoms with Gasteiger partial charge in [-0.25, -0.2) is 0 Å². The lowest BCUT2D eigenvalue weighted by molar-refractivity contribution is -0.145. The van der Waals surface area contributed by atoms with Crippen LogP contribution in [0.3, 0.4) is 0 Å². The highest BCUT2D eigenvalue weighted by Crippen LogP contribution is 2.17. The Bertz CT molecular complexity index is 243. The quantitative estimate of drug-likeness (QED) is 0.740. The minimum Gasteiger partial charge on any atom is -0.377 e. The molecule has 0 aromatic rings. The van der Waals surface area contributed by atoms with Crippen molar-refractivity contribution < 1.29 is 17.9 Å². The predicted molar refractivity (Wildman–Crippen MR) is 69.2 cm³/mol. The van der Waals surface area contributed by atoms with Crippen LogP contribution in [0.4, 0.5) is 13.2 Å². The topological polar surface area (TPSA) is 24.5 Å². The summed E-state index contributed by atoms with van der Waals surface area (Å²) in [6, 6.07) is 0.205. The Kier molecular flexibility index (Phi) is 7.10. The van der Waals surface area contributed by atoms with Crippen molar-refractivity contribution in [2.24, 2.45) is 0 Å². The van der Waals surface area contributed by atoms with E-state index in [9.17, 15) is 13.2 Å². The van der Waals surface area contributed by atoms with Crippen LogP contribution in [0.2, 0.25) is 0 Å². The van der Waals surface area contributed by atoms with E-state index in [2.05, 4.69) is 5.32 Å². The molecule has 0 radical (unpaired) electrons. The molecule has 1 aliphatic rings. The molecule has 1 aliphatic heterocycles. The third kappa shape index (κ3) is 7.13. The molecular formula is C13H25F3N2O. The maximum absolute atomic E-state index is 12.4. The fraction of sp³-hybridized carbons (Fsp3) is 1.00. The molecule has 1 heterocycles. The van der Waals surface area contributed by atoms with E-state index in [1.807, 2.05) is 13.8 Å². The van der Waals surface area contributed by atoms with E-state index in [1.54, 1.807) is 0 Å². The van der Waals surface area contributed by atoms with Gasteiger partial charge < -0.3 is 10.1 Å². The monoisotopic (exact) mass is 282 g/mol. The number of nitrogens with one attached hydrogen (secondary N) is 1. The SMILES string of the molecule is CCCN(CCNC(C)C1CCCO1)CC(F)(F)F. The predicted octanol–water partition coefficient (Wildman–Crippen LogP) is 2.42. The third-order valence-corrected chi connectivity index (χ3v) is 3.36. The van der Waals surface area contributed by atoms with Gasteiger partial charge in [-0.15, -0.1) is 0 Å². The van der Waals surface area contributed by atoms with Crippen LogP contribution in [0.5, 0.6) is 0 Å². The fourth-order valence-corrected chi connectivity index (χ4v) is 2.42. The van der Waals surface area contributed by atoms with E-state index in [4.69, 9.17) is 4.74 Å². The van der Waals surface area contributed by atoms with Crippen molar-refractivity contribution >= 4 is 0 Å². The summed E-state index contributed by atoms with van der Waals surface area (Å²) in [6.07, 6.45) is -1.06. The summed E-state index contributed by atoms with van der Waals surface area (Å²) in [6.45, 7) is 5.37. The Morgan fingerprint density at radius 2 is 2.11 bits per heavy atom. The number of nitrogens with zero attached hydrogens (tertiary/aromatic N) is 1. The van der Waals surface area contributed by atoms with Crippen LogP contribution in [0.15, 0.2) is 0 Å². The van der Waals surface area contributed by atoms with E-state index in [0.29, 0.717) is 19.6 Å². The molecular weight excluding hydrogens is 257 g/mol. The average Bonchev–Trinajstić information content (AvgIpc) is 2.80. The van der Waals surface area contributed by atoms with E-state index < -0.39 is 12.7 Å². The third-order valence-electron chi connectivity index (χ3n) is 3.36. The normalized spacial score (nSPS) is 22.1. The van der Waals surface area contributed by atoms with Gasteiger partial charge >= 0.3 is 6.18 Å². The molecule has 1 saturated heterocycles. The fourth-order valence-electron chi connectivity index (χ4n) is 2.42. The zero-order valence-corrected chi connectivity index (χ0v) is 11.8. The number of alkyl halides is 3. The first-order valence-electron chi connectivity index (χ1n) is 7.06. The standard InChI is InChI=1S/C13H25F3N2O/c1-3-7-18(10-13(14,15)16)8-6-17-11(2)12-5-4-9-19-12/h11-12,17H,3-10H2,1-2H3. The molecule has 0 amide bonds. The molecule has 0 saturated carbocycles. The maximum atomic E-state index is 12.4. The van der Waals surface area contributed by atoms with Crippen molar-refractivity contribution in [3.8, 4) is 0 Å². The Morgan fingerprint density at radius 1 is 1.37 bits per heavy atom. The summed E-state index contributed by atoms with van der Waals surface area (Å²) in [7, 11) is 0. The van der Waals surface area contributed by atoms with Gasteiger partial charge in [-0.05, 0) is 32.7 Å². The van der Waals surface area contributed by atoms with Crippen LogP contribution in [0.1, 0.15) is 33.1 Å². The molecule has 0 bridgehead atoms. The lowest BCUT2D eigenvalue weighted by atomic mass is 10.1. The molecule has 19 heavy (non-hydrogen) atoms. The molecule has 3 nitrogen and oxygen atoms in total. The molecule has 1 N–H and O–H groups in total. The van der Waals surface area contributed by atoms with Crippen LogP contribution in [-0.4, -0.2) is 56.0 Å². The summed E-state index contributed by atoms with van der Waals surface area (Å²) in [5.74, 6) is 0. The summed E-state index contributed by atoms with van der Waals surface area (Å²) in [5.41, 5.74) is 0. The Morgan fingerprint density at radius 3 is 2.63 bits per heavy atom. The molecule has 0 spiro atoms. The molecule has 0 aliphatic carbocycles. The first-order chi connectivity index (χ1) is 8.92. The maximum Gasteiger partial charge on any atom is 0.401 e. The molecule has 1 rings (SSSR count).